The molecule has 0 atom stereocenters. The van der Waals surface area contributed by atoms with Crippen LogP contribution in [0.5, 0.6) is 0 Å². The molecule has 0 bridgehead atoms. The first-order valence-corrected chi connectivity index (χ1v) is 15.3. The van der Waals surface area contributed by atoms with Crippen molar-refractivity contribution < 1.29 is 18.0 Å². The number of nitrogens with zero attached hydrogens (tertiary/aromatic N) is 4. The van der Waals surface area contributed by atoms with Crippen molar-refractivity contribution >= 4 is 43.9 Å². The highest BCUT2D eigenvalue weighted by Crippen LogP contribution is 2.38. The molecule has 1 aliphatic rings. The number of benzene rings is 2. The predicted octanol–water partition coefficient (Wildman–Crippen LogP) is 4.71. The van der Waals surface area contributed by atoms with Crippen molar-refractivity contribution in [1.82, 2.24) is 14.7 Å². The van der Waals surface area contributed by atoms with Crippen LogP contribution in [-0.4, -0.2) is 55.0 Å². The van der Waals surface area contributed by atoms with E-state index in [-0.39, 0.29) is 16.4 Å². The van der Waals surface area contributed by atoms with Crippen LogP contribution in [0.3, 0.4) is 0 Å². The van der Waals surface area contributed by atoms with Crippen LogP contribution in [0, 0.1) is 13.8 Å². The van der Waals surface area contributed by atoms with E-state index in [1.54, 1.807) is 24.3 Å². The van der Waals surface area contributed by atoms with Crippen LogP contribution in [0.25, 0.3) is 0 Å². The third kappa shape index (κ3) is 5.19. The number of sulfonamides is 1. The third-order valence-electron chi connectivity index (χ3n) is 7.12. The minimum Gasteiger partial charge on any atom is -0.313 e. The van der Waals surface area contributed by atoms with E-state index in [2.05, 4.69) is 22.2 Å². The highest BCUT2D eigenvalue weighted by molar-refractivity contribution is 7.92. The molecule has 1 aliphatic heterocycles. The largest absolute Gasteiger partial charge is 0.313 e. The second-order valence-electron chi connectivity index (χ2n) is 9.76. The topological polar surface area (TPSA) is 105 Å². The monoisotopic (exact) mass is 577 g/mol. The molecule has 0 saturated heterocycles. The van der Waals surface area contributed by atoms with E-state index in [4.69, 9.17) is 0 Å². The lowest BCUT2D eigenvalue weighted by molar-refractivity contribution is 0.0942. The molecule has 0 unspecified atom stereocenters. The summed E-state index contributed by atoms with van der Waals surface area (Å²) in [5.41, 5.74) is 3.71. The van der Waals surface area contributed by atoms with Gasteiger partial charge in [0.15, 0.2) is 0 Å². The van der Waals surface area contributed by atoms with Crippen LogP contribution in [-0.2, 0) is 23.0 Å². The molecule has 11 heteroatoms. The normalized spacial score (nSPS) is 13.6. The summed E-state index contributed by atoms with van der Waals surface area (Å²) in [6, 6.07) is 16.4. The highest BCUT2D eigenvalue weighted by atomic mass is 32.2. The summed E-state index contributed by atoms with van der Waals surface area (Å²) in [6.07, 6.45) is 0.706. The number of para-hydroxylation sites is 1. The van der Waals surface area contributed by atoms with Gasteiger partial charge in [0.1, 0.15) is 5.00 Å². The number of nitrogens with one attached hydrogen (secondary N) is 1. The van der Waals surface area contributed by atoms with Gasteiger partial charge in [-0.15, -0.1) is 11.3 Å². The minimum atomic E-state index is -3.81. The Kier molecular flexibility index (Phi) is 7.63. The number of aromatic nitrogens is 2. The van der Waals surface area contributed by atoms with E-state index >= 15 is 0 Å². The van der Waals surface area contributed by atoms with E-state index in [1.807, 2.05) is 26.0 Å². The fourth-order valence-electron chi connectivity index (χ4n) is 4.87. The third-order valence-corrected chi connectivity index (χ3v) is 10.1. The molecule has 0 fully saturated rings. The summed E-state index contributed by atoms with van der Waals surface area (Å²) in [6.45, 7) is 8.21. The number of thiophene rings is 1. The van der Waals surface area contributed by atoms with Crippen LogP contribution >= 0.6 is 11.3 Å². The number of aryl methyl sites for hydroxylation is 2. The molecule has 5 rings (SSSR count). The number of anilines is 2. The van der Waals surface area contributed by atoms with Gasteiger partial charge in [-0.05, 0) is 74.8 Å². The van der Waals surface area contributed by atoms with Crippen molar-refractivity contribution in [2.24, 2.45) is 0 Å². The lowest BCUT2D eigenvalue weighted by Crippen LogP contribution is -2.30. The van der Waals surface area contributed by atoms with Crippen LogP contribution in [0.4, 0.5) is 10.7 Å². The van der Waals surface area contributed by atoms with E-state index in [1.165, 1.54) is 51.6 Å². The fraction of sp³-hybridized carbons (Fsp3) is 0.276. The van der Waals surface area contributed by atoms with E-state index in [9.17, 15) is 18.0 Å². The van der Waals surface area contributed by atoms with Crippen molar-refractivity contribution in [2.75, 3.05) is 29.8 Å². The van der Waals surface area contributed by atoms with E-state index < -0.39 is 15.9 Å². The van der Waals surface area contributed by atoms with Gasteiger partial charge < -0.3 is 5.32 Å². The van der Waals surface area contributed by atoms with Crippen molar-refractivity contribution in [1.29, 1.82) is 0 Å². The maximum Gasteiger partial charge on any atom is 0.281 e. The van der Waals surface area contributed by atoms with Gasteiger partial charge >= 0.3 is 0 Å². The van der Waals surface area contributed by atoms with Gasteiger partial charge in [0.2, 0.25) is 0 Å². The molecule has 0 aliphatic carbocycles. The summed E-state index contributed by atoms with van der Waals surface area (Å²) in [5, 5.41) is 7.80. The van der Waals surface area contributed by atoms with Crippen LogP contribution < -0.4 is 9.62 Å². The van der Waals surface area contributed by atoms with Gasteiger partial charge in [0, 0.05) is 36.3 Å². The van der Waals surface area contributed by atoms with Gasteiger partial charge in [0.25, 0.3) is 21.8 Å². The number of carbonyl (C=O) groups excluding carboxylic acids is 2. The average molecular weight is 578 g/mol. The number of amides is 1. The second-order valence-corrected chi connectivity index (χ2v) is 12.8. The summed E-state index contributed by atoms with van der Waals surface area (Å²) in [4.78, 5) is 30.5. The predicted molar refractivity (Wildman–Crippen MR) is 157 cm³/mol. The molecule has 208 valence electrons. The molecule has 3 heterocycles. The highest BCUT2D eigenvalue weighted by Gasteiger charge is 2.30. The molecule has 2 aromatic heterocycles. The Bertz CT molecular complexity index is 1680. The summed E-state index contributed by atoms with van der Waals surface area (Å²) < 4.78 is 28.9. The molecule has 2 aromatic carbocycles. The first kappa shape index (κ1) is 27.8. The minimum absolute atomic E-state index is 0.0713. The number of hydrogen-bond acceptors (Lipinski definition) is 7. The first-order chi connectivity index (χ1) is 19.1. The Morgan fingerprint density at radius 3 is 2.40 bits per heavy atom. The molecular formula is C29H31N5O4S2. The van der Waals surface area contributed by atoms with Gasteiger partial charge in [0.05, 0.1) is 21.8 Å². The fourth-order valence-corrected chi connectivity index (χ4v) is 7.34. The lowest BCUT2D eigenvalue weighted by atomic mass is 10.0. The maximum absolute atomic E-state index is 13.7. The zero-order valence-electron chi connectivity index (χ0n) is 22.8. The van der Waals surface area contributed by atoms with Crippen molar-refractivity contribution in [3.8, 4) is 0 Å². The van der Waals surface area contributed by atoms with Crippen molar-refractivity contribution in [2.45, 2.75) is 38.6 Å². The summed E-state index contributed by atoms with van der Waals surface area (Å²) in [7, 11) is -2.32. The zero-order valence-corrected chi connectivity index (χ0v) is 24.5. The maximum atomic E-state index is 13.7. The quantitative estimate of drug-likeness (QED) is 0.341. The number of rotatable bonds is 7. The Balaban J connectivity index is 1.43. The van der Waals surface area contributed by atoms with Crippen LogP contribution in [0.15, 0.2) is 65.6 Å². The smallest absolute Gasteiger partial charge is 0.281 e. The number of fused-ring (bicyclic) bond motifs is 1. The van der Waals surface area contributed by atoms with Crippen molar-refractivity contribution in [3.05, 3.63) is 93.6 Å². The van der Waals surface area contributed by atoms with Crippen LogP contribution in [0.2, 0.25) is 0 Å². The Morgan fingerprint density at radius 1 is 1.07 bits per heavy atom. The molecular weight excluding hydrogens is 546 g/mol. The molecule has 1 N–H and O–H groups in total. The molecule has 4 aromatic rings. The molecule has 0 saturated carbocycles. The Labute approximate surface area is 238 Å². The zero-order chi connectivity index (χ0) is 28.6. The van der Waals surface area contributed by atoms with Gasteiger partial charge in [-0.1, -0.05) is 25.1 Å². The SMILES string of the molecule is CCN1CCc2c(sc(NC(=O)c3ccc(S(=O)(=O)N(C)c4ccccc4)cc3)c2C(=O)n2nc(C)cc2C)C1. The molecule has 1 amide bonds. The second kappa shape index (κ2) is 11.0. The molecule has 40 heavy (non-hydrogen) atoms. The number of likely N-dealkylation sites (N-methyl/N-ethyl adjacent to an activating group) is 1. The van der Waals surface area contributed by atoms with E-state index in [0.717, 1.165) is 34.9 Å². The van der Waals surface area contributed by atoms with Gasteiger partial charge in [-0.2, -0.15) is 5.10 Å². The molecule has 0 spiro atoms. The Morgan fingerprint density at radius 2 is 1.77 bits per heavy atom. The van der Waals surface area contributed by atoms with Gasteiger partial charge in [-0.25, -0.2) is 13.1 Å². The summed E-state index contributed by atoms with van der Waals surface area (Å²) >= 11 is 1.41. The molecule has 0 radical (unpaired) electrons. The Hall–Kier alpha value is -3.80. The molecule has 9 nitrogen and oxygen atoms in total. The summed E-state index contributed by atoms with van der Waals surface area (Å²) in [5.74, 6) is -0.692. The van der Waals surface area contributed by atoms with Crippen LogP contribution in [0.1, 0.15) is 49.5 Å². The lowest BCUT2D eigenvalue weighted by Gasteiger charge is -2.25. The van der Waals surface area contributed by atoms with Gasteiger partial charge in [-0.3, -0.25) is 18.8 Å². The average Bonchev–Trinajstić information content (AvgIpc) is 3.50. The first-order valence-electron chi connectivity index (χ1n) is 13.0. The number of carbonyl (C=O) groups is 2. The number of hydrogen-bond donors (Lipinski definition) is 1. The van der Waals surface area contributed by atoms with Crippen molar-refractivity contribution in [3.63, 3.8) is 0 Å². The van der Waals surface area contributed by atoms with E-state index in [0.29, 0.717) is 29.2 Å². The standard InChI is InChI=1S/C29H31N5O4S2/c1-5-33-16-15-24-25(18-33)39-28(26(24)29(36)34-20(3)17-19(2)31-34)30-27(35)21-11-13-23(14-12-21)40(37,38)32(4)22-9-7-6-8-10-22/h6-14,17H,5,15-16,18H2,1-4H3,(H,30,35).